The summed E-state index contributed by atoms with van der Waals surface area (Å²) in [5, 5.41) is 10.7. The van der Waals surface area contributed by atoms with Crippen LogP contribution in [0, 0.1) is 23.0 Å². The molecule has 0 radical (unpaired) electrons. The van der Waals surface area contributed by atoms with Crippen molar-refractivity contribution in [3.8, 4) is 17.3 Å². The number of thiophene rings is 1. The van der Waals surface area contributed by atoms with Crippen LogP contribution in [0.5, 0.6) is 0 Å². The molecule has 36 heavy (non-hydrogen) atoms. The molecule has 0 saturated carbocycles. The Kier molecular flexibility index (Phi) is 5.48. The fourth-order valence-corrected chi connectivity index (χ4v) is 6.15. The number of hydrogen-bond donors (Lipinski definition) is 1. The van der Waals surface area contributed by atoms with Gasteiger partial charge in [0.1, 0.15) is 16.6 Å². The molecule has 11 heteroatoms. The number of ether oxygens (including phenoxy) is 1. The zero-order valence-electron chi connectivity index (χ0n) is 19.8. The summed E-state index contributed by atoms with van der Waals surface area (Å²) in [5.41, 5.74) is 7.98. The number of halogens is 2. The highest BCUT2D eigenvalue weighted by Gasteiger charge is 2.31. The second-order valence-electron chi connectivity index (χ2n) is 9.14. The van der Waals surface area contributed by atoms with Gasteiger partial charge in [-0.1, -0.05) is 6.92 Å². The van der Waals surface area contributed by atoms with E-state index in [0.717, 1.165) is 49.2 Å². The number of aromatic nitrogens is 3. The fraction of sp³-hybridized carbons (Fsp3) is 0.360. The van der Waals surface area contributed by atoms with Crippen LogP contribution in [0.15, 0.2) is 12.4 Å². The Bertz CT molecular complexity index is 1580. The van der Waals surface area contributed by atoms with E-state index in [0.29, 0.717) is 22.9 Å². The minimum Gasteiger partial charge on any atom is -0.389 e. The third-order valence-corrected chi connectivity index (χ3v) is 8.33. The van der Waals surface area contributed by atoms with Crippen LogP contribution in [0.1, 0.15) is 30.0 Å². The van der Waals surface area contributed by atoms with Crippen molar-refractivity contribution in [3.05, 3.63) is 40.7 Å². The van der Waals surface area contributed by atoms with Crippen molar-refractivity contribution in [2.24, 2.45) is 0 Å². The molecule has 6 rings (SSSR count). The van der Waals surface area contributed by atoms with E-state index in [1.54, 1.807) is 6.20 Å². The summed E-state index contributed by atoms with van der Waals surface area (Å²) in [4.78, 5) is 17.8. The number of nitrogens with two attached hydrogens (primary N) is 1. The molecule has 1 fully saturated rings. The maximum Gasteiger partial charge on any atom is 0.226 e. The number of nitrogen functional groups attached to an aromatic ring is 1. The van der Waals surface area contributed by atoms with E-state index in [1.165, 1.54) is 0 Å². The Morgan fingerprint density at radius 2 is 2.08 bits per heavy atom. The van der Waals surface area contributed by atoms with Gasteiger partial charge in [0.15, 0.2) is 11.6 Å². The summed E-state index contributed by atoms with van der Waals surface area (Å²) >= 11 is 0.955. The lowest BCUT2D eigenvalue weighted by atomic mass is 9.94. The maximum atomic E-state index is 16.4. The number of hydrogen-bond acceptors (Lipinski definition) is 9. The van der Waals surface area contributed by atoms with Gasteiger partial charge in [-0.05, 0) is 31.1 Å². The van der Waals surface area contributed by atoms with Gasteiger partial charge >= 0.3 is 0 Å². The van der Waals surface area contributed by atoms with Gasteiger partial charge in [0.05, 0.1) is 35.4 Å². The monoisotopic (exact) mass is 507 g/mol. The van der Waals surface area contributed by atoms with Crippen LogP contribution in [0.3, 0.4) is 0 Å². The Labute approximate surface area is 209 Å². The number of nitriles is 1. The third kappa shape index (κ3) is 3.32. The summed E-state index contributed by atoms with van der Waals surface area (Å²) in [7, 11) is 2.09. The van der Waals surface area contributed by atoms with Crippen LogP contribution >= 0.6 is 11.3 Å². The number of fused-ring (bicyclic) bond motifs is 4. The van der Waals surface area contributed by atoms with E-state index in [-0.39, 0.29) is 50.6 Å². The molecule has 1 aromatic carbocycles. The number of anilines is 2. The van der Waals surface area contributed by atoms with Crippen molar-refractivity contribution in [2.75, 3.05) is 37.3 Å². The SMILES string of the molecule is CCN(C)[C@H]1CCN(c2ncc3c4c(c(-c5ncc(F)c6sc(N)c(C#N)c56)c(F)c3n2)COC4)C1. The summed E-state index contributed by atoms with van der Waals surface area (Å²) in [6, 6.07) is 2.42. The van der Waals surface area contributed by atoms with Gasteiger partial charge in [-0.15, -0.1) is 11.3 Å². The van der Waals surface area contributed by atoms with E-state index in [2.05, 4.69) is 38.7 Å². The minimum absolute atomic E-state index is 0.0932. The molecule has 2 N–H and O–H groups in total. The third-order valence-electron chi connectivity index (χ3n) is 7.30. The zero-order chi connectivity index (χ0) is 25.1. The maximum absolute atomic E-state index is 16.4. The lowest BCUT2D eigenvalue weighted by Gasteiger charge is -2.23. The quantitative estimate of drug-likeness (QED) is 0.438. The average molecular weight is 508 g/mol. The van der Waals surface area contributed by atoms with E-state index >= 15 is 4.39 Å². The van der Waals surface area contributed by atoms with Gasteiger partial charge in [-0.2, -0.15) is 5.26 Å². The molecule has 2 aliphatic heterocycles. The van der Waals surface area contributed by atoms with Crippen molar-refractivity contribution < 1.29 is 13.5 Å². The highest BCUT2D eigenvalue weighted by molar-refractivity contribution is 7.23. The van der Waals surface area contributed by atoms with Crippen LogP contribution in [0.2, 0.25) is 0 Å². The van der Waals surface area contributed by atoms with Crippen molar-refractivity contribution >= 4 is 43.3 Å². The first kappa shape index (κ1) is 23.0. The summed E-state index contributed by atoms with van der Waals surface area (Å²) in [6.07, 6.45) is 3.68. The predicted octanol–water partition coefficient (Wildman–Crippen LogP) is 4.20. The van der Waals surface area contributed by atoms with Gasteiger partial charge in [-0.3, -0.25) is 4.98 Å². The van der Waals surface area contributed by atoms with Crippen LogP contribution in [-0.4, -0.2) is 52.6 Å². The van der Waals surface area contributed by atoms with Crippen LogP contribution in [0.25, 0.3) is 32.2 Å². The molecule has 8 nitrogen and oxygen atoms in total. The molecule has 4 aromatic rings. The van der Waals surface area contributed by atoms with Gasteiger partial charge in [0.2, 0.25) is 5.95 Å². The molecule has 0 aliphatic carbocycles. The van der Waals surface area contributed by atoms with Crippen LogP contribution in [0.4, 0.5) is 19.7 Å². The Balaban J connectivity index is 1.57. The fourth-order valence-electron chi connectivity index (χ4n) is 5.23. The Morgan fingerprint density at radius 3 is 2.86 bits per heavy atom. The molecule has 2 aliphatic rings. The van der Waals surface area contributed by atoms with Gasteiger partial charge in [-0.25, -0.2) is 18.7 Å². The molecule has 5 heterocycles. The van der Waals surface area contributed by atoms with E-state index in [1.807, 2.05) is 6.07 Å². The van der Waals surface area contributed by atoms with Crippen molar-refractivity contribution in [1.82, 2.24) is 19.9 Å². The van der Waals surface area contributed by atoms with Crippen LogP contribution < -0.4 is 10.6 Å². The summed E-state index contributed by atoms with van der Waals surface area (Å²) in [5.74, 6) is -0.729. The lowest BCUT2D eigenvalue weighted by Crippen LogP contribution is -2.34. The van der Waals surface area contributed by atoms with Crippen molar-refractivity contribution in [1.29, 1.82) is 5.26 Å². The molecule has 0 bridgehead atoms. The molecule has 3 aromatic heterocycles. The Hall–Kier alpha value is -3.46. The normalized spacial score (nSPS) is 17.4. The second kappa shape index (κ2) is 8.58. The largest absolute Gasteiger partial charge is 0.389 e. The van der Waals surface area contributed by atoms with Gasteiger partial charge in [0, 0.05) is 41.7 Å². The summed E-state index contributed by atoms with van der Waals surface area (Å²) < 4.78 is 36.9. The molecule has 1 atom stereocenters. The number of nitrogens with zero attached hydrogens (tertiary/aromatic N) is 6. The molecular formula is C25H23F2N7OS. The minimum atomic E-state index is -0.605. The van der Waals surface area contributed by atoms with Gasteiger partial charge in [0.25, 0.3) is 0 Å². The first-order chi connectivity index (χ1) is 17.4. The Morgan fingerprint density at radius 1 is 1.28 bits per heavy atom. The first-order valence-electron chi connectivity index (χ1n) is 11.7. The zero-order valence-corrected chi connectivity index (χ0v) is 20.6. The topological polar surface area (TPSA) is 104 Å². The lowest BCUT2D eigenvalue weighted by molar-refractivity contribution is 0.135. The smallest absolute Gasteiger partial charge is 0.226 e. The highest BCUT2D eigenvalue weighted by atomic mass is 32.1. The van der Waals surface area contributed by atoms with Crippen LogP contribution in [-0.2, 0) is 18.0 Å². The predicted molar refractivity (Wildman–Crippen MR) is 135 cm³/mol. The van der Waals surface area contributed by atoms with E-state index in [9.17, 15) is 9.65 Å². The molecule has 184 valence electrons. The standard InChI is InChI=1S/C25H23F2N7OS/c1-3-33(2)12-4-5-34(9-12)25-31-7-14-15-10-35-11-16(15)18(20(27)21(14)32-25)22-19-13(6-28)24(29)36-23(19)17(26)8-30-22/h7-8,12H,3-5,9-11,29H2,1-2H3/t12-/m0/s1. The molecule has 0 amide bonds. The number of likely N-dealkylation sites (N-methyl/N-ethyl adjacent to an activating group) is 1. The van der Waals surface area contributed by atoms with E-state index in [4.69, 9.17) is 10.5 Å². The number of rotatable bonds is 4. The highest BCUT2D eigenvalue weighted by Crippen LogP contribution is 2.45. The van der Waals surface area contributed by atoms with Gasteiger partial charge < -0.3 is 20.3 Å². The summed E-state index contributed by atoms with van der Waals surface area (Å²) in [6.45, 7) is 5.04. The molecular weight excluding hydrogens is 484 g/mol. The first-order valence-corrected chi connectivity index (χ1v) is 12.5. The molecule has 0 unspecified atom stereocenters. The second-order valence-corrected chi connectivity index (χ2v) is 10.2. The van der Waals surface area contributed by atoms with Crippen molar-refractivity contribution in [3.63, 3.8) is 0 Å². The van der Waals surface area contributed by atoms with E-state index < -0.39 is 11.6 Å². The number of pyridine rings is 1. The van der Waals surface area contributed by atoms with Crippen molar-refractivity contribution in [2.45, 2.75) is 32.6 Å². The molecule has 0 spiro atoms. The average Bonchev–Trinajstić information content (AvgIpc) is 3.63. The molecule has 1 saturated heterocycles. The number of benzene rings is 1.